The van der Waals surface area contributed by atoms with Gasteiger partial charge in [-0.05, 0) is 12.8 Å². The maximum atomic E-state index is 13.1. The molecule has 1 saturated heterocycles. The van der Waals surface area contributed by atoms with Gasteiger partial charge in [0.1, 0.15) is 24.4 Å². The summed E-state index contributed by atoms with van der Waals surface area (Å²) in [6, 6.07) is -0.851. The zero-order valence-electron chi connectivity index (χ0n) is 38.3. The average molecular weight is 880 g/mol. The molecule has 7 atom stereocenters. The van der Waals surface area contributed by atoms with Crippen LogP contribution in [-0.4, -0.2) is 95.4 Å². The molecule has 60 heavy (non-hydrogen) atoms. The number of unbranched alkanes of at least 4 members (excludes halogenated alkanes) is 31. The van der Waals surface area contributed by atoms with E-state index in [1.807, 2.05) is 0 Å². The molecule has 358 valence electrons. The lowest BCUT2D eigenvalue weighted by atomic mass is 9.99. The highest BCUT2D eigenvalue weighted by Gasteiger charge is 2.48. The third-order valence-electron chi connectivity index (χ3n) is 12.2. The molecule has 7 unspecified atom stereocenters. The Balaban J connectivity index is 2.44. The van der Waals surface area contributed by atoms with E-state index in [1.54, 1.807) is 0 Å². The van der Waals surface area contributed by atoms with Gasteiger partial charge in [-0.25, -0.2) is 4.18 Å². The van der Waals surface area contributed by atoms with Crippen molar-refractivity contribution in [2.24, 2.45) is 0 Å². The van der Waals surface area contributed by atoms with E-state index >= 15 is 0 Å². The fourth-order valence-corrected chi connectivity index (χ4v) is 8.79. The smallest absolute Gasteiger partial charge is 0.394 e. The summed E-state index contributed by atoms with van der Waals surface area (Å²) in [5.41, 5.74) is 0. The fraction of sp³-hybridized carbons (Fsp3) is 0.979. The van der Waals surface area contributed by atoms with Crippen LogP contribution in [0.3, 0.4) is 0 Å². The highest BCUT2D eigenvalue weighted by Crippen LogP contribution is 2.26. The summed E-state index contributed by atoms with van der Waals surface area (Å²) in [4.78, 5) is 13.1. The number of rotatable bonds is 43. The predicted molar refractivity (Wildman–Crippen MR) is 241 cm³/mol. The van der Waals surface area contributed by atoms with Crippen LogP contribution in [0.25, 0.3) is 0 Å². The molecule has 1 rings (SSSR count). The lowest BCUT2D eigenvalue weighted by molar-refractivity contribution is -0.298. The van der Waals surface area contributed by atoms with E-state index in [1.165, 1.54) is 161 Å². The lowest BCUT2D eigenvalue weighted by Crippen LogP contribution is -2.61. The molecule has 0 aliphatic carbocycles. The fourth-order valence-electron chi connectivity index (χ4n) is 8.28. The number of aliphatic hydroxyl groups excluding tert-OH is 4. The second-order valence-corrected chi connectivity index (χ2v) is 18.8. The van der Waals surface area contributed by atoms with E-state index < -0.39 is 59.9 Å². The normalized spacial score (nSPS) is 20.7. The van der Waals surface area contributed by atoms with Gasteiger partial charge < -0.3 is 35.2 Å². The van der Waals surface area contributed by atoms with Gasteiger partial charge in [0.15, 0.2) is 6.29 Å². The van der Waals surface area contributed by atoms with E-state index in [0.717, 1.165) is 51.4 Å². The summed E-state index contributed by atoms with van der Waals surface area (Å²) in [6.45, 7) is 3.47. The molecule has 0 bridgehead atoms. The van der Waals surface area contributed by atoms with Crippen molar-refractivity contribution in [1.29, 1.82) is 0 Å². The Morgan fingerprint density at radius 1 is 0.600 bits per heavy atom. The number of amides is 1. The summed E-state index contributed by atoms with van der Waals surface area (Å²) >= 11 is 0. The van der Waals surface area contributed by atoms with Crippen molar-refractivity contribution in [2.45, 2.75) is 281 Å². The Morgan fingerprint density at radius 3 is 1.33 bits per heavy atom. The summed E-state index contributed by atoms with van der Waals surface area (Å²) < 4.78 is 47.7. The molecule has 6 N–H and O–H groups in total. The number of carbonyl (C=O) groups is 1. The summed E-state index contributed by atoms with van der Waals surface area (Å²) in [5, 5.41) is 44.9. The molecule has 0 saturated carbocycles. The Hall–Kier alpha value is -0.900. The van der Waals surface area contributed by atoms with Gasteiger partial charge in [-0.15, -0.1) is 0 Å². The minimum atomic E-state index is -5.07. The average Bonchev–Trinajstić information content (AvgIpc) is 3.22. The van der Waals surface area contributed by atoms with Crippen LogP contribution in [-0.2, 0) is 28.9 Å². The van der Waals surface area contributed by atoms with Crippen molar-refractivity contribution in [3.05, 3.63) is 0 Å². The Kier molecular flexibility index (Phi) is 36.7. The molecule has 0 aromatic heterocycles. The van der Waals surface area contributed by atoms with Crippen LogP contribution in [0.4, 0.5) is 0 Å². The molecular weight excluding hydrogens is 787 g/mol. The first-order valence-electron chi connectivity index (χ1n) is 24.9. The predicted octanol–water partition coefficient (Wildman–Crippen LogP) is 10.2. The van der Waals surface area contributed by atoms with Gasteiger partial charge in [-0.3, -0.25) is 9.35 Å². The van der Waals surface area contributed by atoms with Crippen molar-refractivity contribution < 1.29 is 51.8 Å². The molecule has 1 amide bonds. The van der Waals surface area contributed by atoms with Crippen molar-refractivity contribution >= 4 is 16.3 Å². The number of aliphatic hydroxyl groups is 4. The van der Waals surface area contributed by atoms with Crippen LogP contribution in [0.2, 0.25) is 0 Å². The van der Waals surface area contributed by atoms with E-state index in [4.69, 9.17) is 9.47 Å². The zero-order valence-corrected chi connectivity index (χ0v) is 39.1. The van der Waals surface area contributed by atoms with Crippen LogP contribution in [0.5, 0.6) is 0 Å². The van der Waals surface area contributed by atoms with Gasteiger partial charge in [0, 0.05) is 6.42 Å². The highest BCUT2D eigenvalue weighted by molar-refractivity contribution is 7.80. The van der Waals surface area contributed by atoms with Crippen LogP contribution < -0.4 is 5.32 Å². The molecular formula is C47H93NO11S. The Bertz CT molecular complexity index is 1080. The Labute approximate surface area is 367 Å². The van der Waals surface area contributed by atoms with E-state index in [-0.39, 0.29) is 12.5 Å². The molecule has 13 heteroatoms. The monoisotopic (exact) mass is 880 g/mol. The minimum Gasteiger partial charge on any atom is -0.394 e. The summed E-state index contributed by atoms with van der Waals surface area (Å²) in [6.07, 6.45) is 32.4. The molecule has 0 aromatic carbocycles. The van der Waals surface area contributed by atoms with Crippen LogP contribution in [0, 0.1) is 0 Å². The molecule has 0 spiro atoms. The third kappa shape index (κ3) is 31.0. The van der Waals surface area contributed by atoms with Crippen molar-refractivity contribution in [3.8, 4) is 0 Å². The number of hydrogen-bond donors (Lipinski definition) is 6. The molecule has 1 aliphatic heterocycles. The number of nitrogens with one attached hydrogen (secondary N) is 1. The maximum Gasteiger partial charge on any atom is 0.397 e. The van der Waals surface area contributed by atoms with Crippen molar-refractivity contribution in [1.82, 2.24) is 5.32 Å². The SMILES string of the molecule is CCCCCCCCCCCCCCCCCCCCCC(O)C(COC1OC(CO)C(O)C(OS(=O)(=O)O)C1O)NC(=O)CCCCCCCCCCCCCCCC. The molecule has 12 nitrogen and oxygen atoms in total. The van der Waals surface area contributed by atoms with Crippen molar-refractivity contribution in [2.75, 3.05) is 13.2 Å². The van der Waals surface area contributed by atoms with E-state index in [0.29, 0.717) is 12.8 Å². The van der Waals surface area contributed by atoms with Gasteiger partial charge in [0.2, 0.25) is 5.91 Å². The minimum absolute atomic E-state index is 0.226. The van der Waals surface area contributed by atoms with Gasteiger partial charge in [0.25, 0.3) is 0 Å². The first kappa shape index (κ1) is 57.1. The number of carbonyl (C=O) groups excluding carboxylic acids is 1. The molecule has 1 fully saturated rings. The topological polar surface area (TPSA) is 192 Å². The second-order valence-electron chi connectivity index (χ2n) is 17.8. The largest absolute Gasteiger partial charge is 0.397 e. The van der Waals surface area contributed by atoms with Crippen molar-refractivity contribution in [3.63, 3.8) is 0 Å². The van der Waals surface area contributed by atoms with Crippen LogP contribution in [0.15, 0.2) is 0 Å². The van der Waals surface area contributed by atoms with Crippen LogP contribution in [0.1, 0.15) is 239 Å². The number of hydrogen-bond acceptors (Lipinski definition) is 10. The first-order valence-corrected chi connectivity index (χ1v) is 26.3. The highest BCUT2D eigenvalue weighted by atomic mass is 32.3. The second kappa shape index (κ2) is 38.5. The lowest BCUT2D eigenvalue weighted by Gasteiger charge is -2.41. The van der Waals surface area contributed by atoms with E-state index in [9.17, 15) is 38.2 Å². The zero-order chi connectivity index (χ0) is 44.1. The summed E-state index contributed by atoms with van der Waals surface area (Å²) in [7, 11) is -5.07. The summed E-state index contributed by atoms with van der Waals surface area (Å²) in [5.74, 6) is -0.226. The third-order valence-corrected chi connectivity index (χ3v) is 12.6. The van der Waals surface area contributed by atoms with Gasteiger partial charge >= 0.3 is 10.4 Å². The van der Waals surface area contributed by atoms with Gasteiger partial charge in [-0.1, -0.05) is 219 Å². The first-order chi connectivity index (χ1) is 29.0. The molecule has 0 radical (unpaired) electrons. The van der Waals surface area contributed by atoms with Crippen LogP contribution >= 0.6 is 0 Å². The molecule has 1 heterocycles. The van der Waals surface area contributed by atoms with Gasteiger partial charge in [0.05, 0.1) is 25.4 Å². The standard InChI is InChI=1S/C47H93NO11S/c1-3-5-7-9-11-13-15-17-19-20-21-22-23-24-26-28-30-32-34-36-41(50)40(39-57-47-45(53)46(59-60(54,55)56)44(52)42(38-49)58-47)48-43(51)37-35-33-31-29-27-25-18-16-14-12-10-8-6-4-2/h40-42,44-47,49-50,52-53H,3-39H2,1-2H3,(H,48,51)(H,54,55,56). The van der Waals surface area contributed by atoms with E-state index in [2.05, 4.69) is 23.3 Å². The molecule has 0 aromatic rings. The van der Waals surface area contributed by atoms with Gasteiger partial charge in [-0.2, -0.15) is 8.42 Å². The maximum absolute atomic E-state index is 13.1. The number of ether oxygens (including phenoxy) is 2. The Morgan fingerprint density at radius 2 is 0.967 bits per heavy atom. The quantitative estimate of drug-likeness (QED) is 0.0252. The molecule has 1 aliphatic rings.